The highest BCUT2D eigenvalue weighted by molar-refractivity contribution is 7.89. The van der Waals surface area contributed by atoms with E-state index in [0.29, 0.717) is 0 Å². The van der Waals surface area contributed by atoms with Crippen LogP contribution in [-0.2, 0) is 38.8 Å². The largest absolute Gasteiger partial charge is 0.482 e. The molecular weight excluding hydrogens is 473 g/mol. The molecule has 11 heteroatoms. The summed E-state index contributed by atoms with van der Waals surface area (Å²) in [5.41, 5.74) is 3.09. The second-order valence-corrected chi connectivity index (χ2v) is 10.2. The predicted octanol–water partition coefficient (Wildman–Crippen LogP) is 3.32. The van der Waals surface area contributed by atoms with Gasteiger partial charge in [0.2, 0.25) is 15.9 Å². The Hall–Kier alpha value is -2.63. The Morgan fingerprint density at radius 1 is 1.06 bits per heavy atom. The number of morpholine rings is 1. The van der Waals surface area contributed by atoms with Crippen LogP contribution >= 0.6 is 0 Å². The Labute approximate surface area is 195 Å². The summed E-state index contributed by atoms with van der Waals surface area (Å²) in [6.07, 6.45) is -1.58. The highest BCUT2D eigenvalue weighted by atomic mass is 32.2. The number of benzene rings is 2. The third-order valence-electron chi connectivity index (χ3n) is 5.75. The van der Waals surface area contributed by atoms with Crippen molar-refractivity contribution in [1.82, 2.24) is 4.31 Å². The van der Waals surface area contributed by atoms with Crippen LogP contribution in [0.5, 0.6) is 5.75 Å². The van der Waals surface area contributed by atoms with E-state index < -0.39 is 28.7 Å². The molecule has 7 nitrogen and oxygen atoms in total. The third-order valence-corrected chi connectivity index (χ3v) is 7.65. The van der Waals surface area contributed by atoms with Gasteiger partial charge in [-0.2, -0.15) is 17.5 Å². The minimum atomic E-state index is -4.59. The van der Waals surface area contributed by atoms with E-state index in [1.165, 1.54) is 21.5 Å². The molecule has 2 aromatic rings. The maximum atomic E-state index is 13.0. The standard InChI is InChI=1S/C23H25F3N2O5S/c24-23(25,26)15-33-21-7-6-19(34(30,31)28-8-10-32-11-9-28)14-20(21)27-22(29)13-16-4-5-17-2-1-3-18(17)12-16/h4-7,12,14H,1-3,8-11,13,15H2,(H,27,29). The molecule has 1 heterocycles. The van der Waals surface area contributed by atoms with E-state index in [1.54, 1.807) is 0 Å². The molecule has 1 saturated heterocycles. The van der Waals surface area contributed by atoms with E-state index in [4.69, 9.17) is 9.47 Å². The van der Waals surface area contributed by atoms with E-state index in [9.17, 15) is 26.4 Å². The van der Waals surface area contributed by atoms with Crippen molar-refractivity contribution in [3.05, 3.63) is 53.1 Å². The molecule has 1 aliphatic heterocycles. The molecule has 0 atom stereocenters. The molecule has 1 amide bonds. The fourth-order valence-electron chi connectivity index (χ4n) is 4.10. The maximum Gasteiger partial charge on any atom is 0.422 e. The number of sulfonamides is 1. The minimum Gasteiger partial charge on any atom is -0.482 e. The lowest BCUT2D eigenvalue weighted by molar-refractivity contribution is -0.153. The second kappa shape index (κ2) is 9.93. The first-order valence-electron chi connectivity index (χ1n) is 10.9. The fourth-order valence-corrected chi connectivity index (χ4v) is 5.54. The highest BCUT2D eigenvalue weighted by Crippen LogP contribution is 2.31. The molecule has 0 unspecified atom stereocenters. The van der Waals surface area contributed by atoms with Gasteiger partial charge in [0, 0.05) is 13.1 Å². The summed E-state index contributed by atoms with van der Waals surface area (Å²) in [5, 5.41) is 2.54. The number of hydrogen-bond donors (Lipinski definition) is 1. The van der Waals surface area contributed by atoms with Crippen molar-refractivity contribution in [3.8, 4) is 5.75 Å². The zero-order valence-electron chi connectivity index (χ0n) is 18.4. The lowest BCUT2D eigenvalue weighted by atomic mass is 10.0. The van der Waals surface area contributed by atoms with Gasteiger partial charge in [0.1, 0.15) is 5.75 Å². The van der Waals surface area contributed by atoms with Crippen LogP contribution in [0.2, 0.25) is 0 Å². The monoisotopic (exact) mass is 498 g/mol. The van der Waals surface area contributed by atoms with Crippen LogP contribution in [0.15, 0.2) is 41.3 Å². The number of amides is 1. The Balaban J connectivity index is 1.56. The average molecular weight is 499 g/mol. The van der Waals surface area contributed by atoms with E-state index in [0.717, 1.165) is 37.0 Å². The van der Waals surface area contributed by atoms with Crippen LogP contribution in [0.1, 0.15) is 23.1 Å². The van der Waals surface area contributed by atoms with Crippen molar-refractivity contribution in [2.45, 2.75) is 36.8 Å². The molecule has 184 valence electrons. The summed E-state index contributed by atoms with van der Waals surface area (Å²) in [6.45, 7) is -0.758. The number of carbonyl (C=O) groups excluding carboxylic acids is 1. The van der Waals surface area contributed by atoms with Crippen molar-refractivity contribution in [3.63, 3.8) is 0 Å². The van der Waals surface area contributed by atoms with Crippen LogP contribution in [0.25, 0.3) is 0 Å². The number of hydrogen-bond acceptors (Lipinski definition) is 5. The van der Waals surface area contributed by atoms with E-state index in [2.05, 4.69) is 5.32 Å². The molecule has 0 saturated carbocycles. The number of rotatable bonds is 7. The zero-order valence-corrected chi connectivity index (χ0v) is 19.2. The topological polar surface area (TPSA) is 84.9 Å². The maximum absolute atomic E-state index is 13.0. The van der Waals surface area contributed by atoms with Crippen molar-refractivity contribution in [1.29, 1.82) is 0 Å². The van der Waals surface area contributed by atoms with Gasteiger partial charge < -0.3 is 14.8 Å². The number of nitrogens with one attached hydrogen (secondary N) is 1. The molecule has 1 fully saturated rings. The summed E-state index contributed by atoms with van der Waals surface area (Å²) in [6, 6.07) is 9.23. The molecule has 1 N–H and O–H groups in total. The van der Waals surface area contributed by atoms with Crippen LogP contribution in [0.4, 0.5) is 18.9 Å². The molecular formula is C23H25F3N2O5S. The number of anilines is 1. The SMILES string of the molecule is O=C(Cc1ccc2c(c1)CCC2)Nc1cc(S(=O)(=O)N2CCOCC2)ccc1OCC(F)(F)F. The highest BCUT2D eigenvalue weighted by Gasteiger charge is 2.30. The fraction of sp³-hybridized carbons (Fsp3) is 0.435. The van der Waals surface area contributed by atoms with E-state index in [-0.39, 0.29) is 49.1 Å². The molecule has 2 aromatic carbocycles. The first-order valence-corrected chi connectivity index (χ1v) is 12.4. The molecule has 2 aliphatic rings. The Bertz CT molecular complexity index is 1160. The summed E-state index contributed by atoms with van der Waals surface area (Å²) < 4.78 is 75.4. The van der Waals surface area contributed by atoms with Crippen LogP contribution < -0.4 is 10.1 Å². The van der Waals surface area contributed by atoms with Crippen LogP contribution in [0.3, 0.4) is 0 Å². The number of fused-ring (bicyclic) bond motifs is 1. The summed E-state index contributed by atoms with van der Waals surface area (Å²) in [7, 11) is -3.92. The number of aryl methyl sites for hydroxylation is 2. The van der Waals surface area contributed by atoms with Crippen molar-refractivity contribution in [2.75, 3.05) is 38.2 Å². The third kappa shape index (κ3) is 5.89. The average Bonchev–Trinajstić information content (AvgIpc) is 3.26. The van der Waals surface area contributed by atoms with Crippen molar-refractivity contribution >= 4 is 21.6 Å². The number of halogens is 3. The molecule has 0 radical (unpaired) electrons. The van der Waals surface area contributed by atoms with Gasteiger partial charge in [0.15, 0.2) is 6.61 Å². The second-order valence-electron chi connectivity index (χ2n) is 8.26. The Kier molecular flexibility index (Phi) is 7.15. The van der Waals surface area contributed by atoms with Gasteiger partial charge in [-0.3, -0.25) is 4.79 Å². The van der Waals surface area contributed by atoms with Gasteiger partial charge in [-0.1, -0.05) is 18.2 Å². The Morgan fingerprint density at radius 3 is 2.53 bits per heavy atom. The first-order chi connectivity index (χ1) is 16.1. The number of carbonyl (C=O) groups is 1. The minimum absolute atomic E-state index is 0.00751. The van der Waals surface area contributed by atoms with Crippen molar-refractivity contribution in [2.24, 2.45) is 0 Å². The van der Waals surface area contributed by atoms with Gasteiger partial charge in [-0.05, 0) is 54.2 Å². The lowest BCUT2D eigenvalue weighted by Crippen LogP contribution is -2.40. The molecule has 34 heavy (non-hydrogen) atoms. The van der Waals surface area contributed by atoms with Gasteiger partial charge in [-0.15, -0.1) is 0 Å². The molecule has 0 spiro atoms. The zero-order chi connectivity index (χ0) is 24.3. The van der Waals surface area contributed by atoms with E-state index in [1.807, 2.05) is 18.2 Å². The van der Waals surface area contributed by atoms with Crippen LogP contribution in [0, 0.1) is 0 Å². The van der Waals surface area contributed by atoms with Gasteiger partial charge >= 0.3 is 6.18 Å². The Morgan fingerprint density at radius 2 is 1.79 bits per heavy atom. The molecule has 0 bridgehead atoms. The first kappa shape index (κ1) is 24.5. The number of nitrogens with zero attached hydrogens (tertiary/aromatic N) is 1. The van der Waals surface area contributed by atoms with Gasteiger partial charge in [-0.25, -0.2) is 8.42 Å². The molecule has 0 aromatic heterocycles. The van der Waals surface area contributed by atoms with Gasteiger partial charge in [0.05, 0.1) is 30.2 Å². The molecule has 4 rings (SSSR count). The lowest BCUT2D eigenvalue weighted by Gasteiger charge is -2.26. The van der Waals surface area contributed by atoms with E-state index >= 15 is 0 Å². The summed E-state index contributed by atoms with van der Waals surface area (Å²) in [4.78, 5) is 12.6. The quantitative estimate of drug-likeness (QED) is 0.633. The van der Waals surface area contributed by atoms with Crippen molar-refractivity contribution < 1.29 is 35.9 Å². The smallest absolute Gasteiger partial charge is 0.422 e. The summed E-state index contributed by atoms with van der Waals surface area (Å²) in [5.74, 6) is -0.753. The number of alkyl halides is 3. The number of ether oxygens (including phenoxy) is 2. The van der Waals surface area contributed by atoms with Gasteiger partial charge in [0.25, 0.3) is 0 Å². The summed E-state index contributed by atoms with van der Waals surface area (Å²) >= 11 is 0. The predicted molar refractivity (Wildman–Crippen MR) is 118 cm³/mol. The normalized spacial score (nSPS) is 16.8. The van der Waals surface area contributed by atoms with Crippen LogP contribution in [-0.4, -0.2) is 57.7 Å². The molecule has 1 aliphatic carbocycles.